The van der Waals surface area contributed by atoms with E-state index in [4.69, 9.17) is 0 Å². The largest absolute Gasteiger partial charge is 0.340 e. The lowest BCUT2D eigenvalue weighted by Crippen LogP contribution is -2.71. The van der Waals surface area contributed by atoms with E-state index >= 15 is 0 Å². The summed E-state index contributed by atoms with van der Waals surface area (Å²) >= 11 is 0. The maximum Gasteiger partial charge on any atom is 0.233 e. The molecule has 32 heavy (non-hydrogen) atoms. The first-order chi connectivity index (χ1) is 15.4. The van der Waals surface area contributed by atoms with E-state index in [-0.39, 0.29) is 42.0 Å². The second kappa shape index (κ2) is 9.92. The lowest BCUT2D eigenvalue weighted by molar-refractivity contribution is -0.134. The molecule has 1 saturated carbocycles. The average molecular weight is 441 g/mol. The topological polar surface area (TPSA) is 55.9 Å². The number of benzene rings is 1. The van der Waals surface area contributed by atoms with Crippen molar-refractivity contribution in [3.8, 4) is 0 Å². The molecule has 176 valence electrons. The molecule has 3 fully saturated rings. The van der Waals surface area contributed by atoms with Crippen LogP contribution in [0.2, 0.25) is 0 Å². The van der Waals surface area contributed by atoms with Gasteiger partial charge in [0.25, 0.3) is 0 Å². The van der Waals surface area contributed by atoms with Crippen LogP contribution in [0.1, 0.15) is 64.9 Å². The second-order valence-electron chi connectivity index (χ2n) is 9.91. The summed E-state index contributed by atoms with van der Waals surface area (Å²) in [6.07, 6.45) is 5.87. The van der Waals surface area contributed by atoms with Crippen molar-refractivity contribution in [1.29, 1.82) is 0 Å². The van der Waals surface area contributed by atoms with Crippen molar-refractivity contribution >= 4 is 17.5 Å². The van der Waals surface area contributed by atoms with Crippen molar-refractivity contribution in [1.82, 2.24) is 15.1 Å². The van der Waals surface area contributed by atoms with Gasteiger partial charge in [-0.3, -0.25) is 24.7 Å². The third-order valence-electron chi connectivity index (χ3n) is 7.84. The van der Waals surface area contributed by atoms with Gasteiger partial charge in [-0.15, -0.1) is 0 Å². The normalized spacial score (nSPS) is 30.2. The Kier molecular flexibility index (Phi) is 7.21. The zero-order chi connectivity index (χ0) is 22.8. The van der Waals surface area contributed by atoms with Gasteiger partial charge in [-0.2, -0.15) is 0 Å². The van der Waals surface area contributed by atoms with Crippen LogP contribution in [0.25, 0.3) is 0 Å². The molecular weight excluding hydrogens is 400 g/mol. The molecule has 2 saturated heterocycles. The number of carbonyl (C=O) groups is 2. The van der Waals surface area contributed by atoms with E-state index in [1.165, 1.54) is 12.0 Å². The van der Waals surface area contributed by atoms with Gasteiger partial charge in [0.15, 0.2) is 0 Å². The minimum atomic E-state index is -0.0505. The number of amides is 2. The number of nitrogens with one attached hydrogen (secondary N) is 1. The molecule has 1 aromatic rings. The summed E-state index contributed by atoms with van der Waals surface area (Å²) in [6, 6.07) is 9.15. The Balaban J connectivity index is 1.63. The number of carbonyl (C=O) groups excluding carboxylic acids is 2. The molecule has 0 bridgehead atoms. The van der Waals surface area contributed by atoms with Crippen molar-refractivity contribution < 1.29 is 9.59 Å². The molecule has 1 N–H and O–H groups in total. The standard InChI is InChI=1S/C26H40N4O2/c1-5-23(29-16-15-28(17-19(29)4)24(31)6-2)25-27-22-10-8-7-9-21(22)26(32)30(25)20-13-11-18(3)12-14-20/h11-14,19,21-23,25,27H,5-10,15-17H2,1-4H3. The minimum absolute atomic E-state index is 0.0505. The van der Waals surface area contributed by atoms with E-state index in [2.05, 4.69) is 60.2 Å². The summed E-state index contributed by atoms with van der Waals surface area (Å²) in [5.41, 5.74) is 2.20. The molecule has 4 rings (SSSR count). The molecule has 2 aliphatic heterocycles. The Labute approximate surface area is 193 Å². The highest BCUT2D eigenvalue weighted by Crippen LogP contribution is 2.35. The number of rotatable bonds is 5. The fourth-order valence-corrected chi connectivity index (χ4v) is 6.07. The van der Waals surface area contributed by atoms with Crippen LogP contribution in [-0.4, -0.2) is 65.5 Å². The van der Waals surface area contributed by atoms with Gasteiger partial charge >= 0.3 is 0 Å². The average Bonchev–Trinajstić information content (AvgIpc) is 2.81. The first-order valence-electron chi connectivity index (χ1n) is 12.6. The molecular formula is C26H40N4O2. The highest BCUT2D eigenvalue weighted by molar-refractivity contribution is 5.97. The minimum Gasteiger partial charge on any atom is -0.340 e. The lowest BCUT2D eigenvalue weighted by atomic mass is 9.80. The zero-order valence-corrected chi connectivity index (χ0v) is 20.2. The summed E-state index contributed by atoms with van der Waals surface area (Å²) < 4.78 is 0. The molecule has 3 aliphatic rings. The molecule has 6 nitrogen and oxygen atoms in total. The highest BCUT2D eigenvalue weighted by Gasteiger charge is 2.47. The Morgan fingerprint density at radius 2 is 1.84 bits per heavy atom. The molecule has 0 spiro atoms. The van der Waals surface area contributed by atoms with E-state index in [1.807, 2.05) is 11.8 Å². The monoisotopic (exact) mass is 440 g/mol. The number of hydrogen-bond acceptors (Lipinski definition) is 4. The number of hydrogen-bond donors (Lipinski definition) is 1. The zero-order valence-electron chi connectivity index (χ0n) is 20.2. The molecule has 5 unspecified atom stereocenters. The third kappa shape index (κ3) is 4.44. The number of nitrogens with zero attached hydrogens (tertiary/aromatic N) is 3. The van der Waals surface area contributed by atoms with Gasteiger partial charge in [-0.05, 0) is 45.2 Å². The van der Waals surface area contributed by atoms with Crippen LogP contribution in [0.3, 0.4) is 0 Å². The van der Waals surface area contributed by atoms with Gasteiger partial charge in [0.2, 0.25) is 11.8 Å². The van der Waals surface area contributed by atoms with Crippen molar-refractivity contribution in [3.05, 3.63) is 29.8 Å². The van der Waals surface area contributed by atoms with E-state index in [1.54, 1.807) is 0 Å². The quantitative estimate of drug-likeness (QED) is 0.761. The molecule has 5 atom stereocenters. The first-order valence-corrected chi connectivity index (χ1v) is 12.6. The van der Waals surface area contributed by atoms with Gasteiger partial charge < -0.3 is 4.90 Å². The molecule has 0 aromatic heterocycles. The molecule has 1 aliphatic carbocycles. The van der Waals surface area contributed by atoms with Crippen molar-refractivity contribution in [2.75, 3.05) is 24.5 Å². The Bertz CT molecular complexity index is 811. The summed E-state index contributed by atoms with van der Waals surface area (Å²) in [6.45, 7) is 10.9. The number of aryl methyl sites for hydroxylation is 1. The van der Waals surface area contributed by atoms with E-state index < -0.39 is 0 Å². The molecule has 1 aromatic carbocycles. The molecule has 0 radical (unpaired) electrons. The fraction of sp³-hybridized carbons (Fsp3) is 0.692. The molecule has 6 heteroatoms. The van der Waals surface area contributed by atoms with Crippen LogP contribution in [0.15, 0.2) is 24.3 Å². The lowest BCUT2D eigenvalue weighted by Gasteiger charge is -2.53. The Morgan fingerprint density at radius 3 is 2.50 bits per heavy atom. The van der Waals surface area contributed by atoms with E-state index in [0.717, 1.165) is 51.0 Å². The van der Waals surface area contributed by atoms with Crippen LogP contribution in [0, 0.1) is 12.8 Å². The van der Waals surface area contributed by atoms with E-state index in [0.29, 0.717) is 6.42 Å². The Hall–Kier alpha value is -1.92. The van der Waals surface area contributed by atoms with Gasteiger partial charge in [0.05, 0.1) is 5.92 Å². The van der Waals surface area contributed by atoms with Crippen LogP contribution in [0.5, 0.6) is 0 Å². The van der Waals surface area contributed by atoms with E-state index in [9.17, 15) is 9.59 Å². The summed E-state index contributed by atoms with van der Waals surface area (Å²) in [4.78, 5) is 32.7. The van der Waals surface area contributed by atoms with Crippen LogP contribution in [-0.2, 0) is 9.59 Å². The van der Waals surface area contributed by atoms with Gasteiger partial charge in [-0.25, -0.2) is 0 Å². The molecule has 2 heterocycles. The van der Waals surface area contributed by atoms with Crippen molar-refractivity contribution in [2.45, 2.75) is 90.5 Å². The predicted molar refractivity (Wildman–Crippen MR) is 128 cm³/mol. The number of anilines is 1. The first kappa shape index (κ1) is 23.2. The van der Waals surface area contributed by atoms with Gasteiger partial charge in [0.1, 0.15) is 6.17 Å². The highest BCUT2D eigenvalue weighted by atomic mass is 16.2. The smallest absolute Gasteiger partial charge is 0.233 e. The van der Waals surface area contributed by atoms with Crippen LogP contribution < -0.4 is 10.2 Å². The molecule has 2 amide bonds. The predicted octanol–water partition coefficient (Wildman–Crippen LogP) is 3.54. The number of fused-ring (bicyclic) bond motifs is 1. The SMILES string of the molecule is CCC(=O)N1CCN(C(CC)C2NC3CCCCC3C(=O)N2c2ccc(C)cc2)C(C)C1. The maximum atomic E-state index is 13.8. The summed E-state index contributed by atoms with van der Waals surface area (Å²) in [5, 5.41) is 3.95. The maximum absolute atomic E-state index is 13.8. The summed E-state index contributed by atoms with van der Waals surface area (Å²) in [7, 11) is 0. The third-order valence-corrected chi connectivity index (χ3v) is 7.84. The van der Waals surface area contributed by atoms with Crippen molar-refractivity contribution in [2.24, 2.45) is 5.92 Å². The van der Waals surface area contributed by atoms with Gasteiger partial charge in [0, 0.05) is 49.9 Å². The van der Waals surface area contributed by atoms with Crippen LogP contribution in [0.4, 0.5) is 5.69 Å². The fourth-order valence-electron chi connectivity index (χ4n) is 6.07. The Morgan fingerprint density at radius 1 is 1.12 bits per heavy atom. The second-order valence-corrected chi connectivity index (χ2v) is 9.91. The number of piperazine rings is 1. The van der Waals surface area contributed by atoms with Crippen molar-refractivity contribution in [3.63, 3.8) is 0 Å². The summed E-state index contributed by atoms with van der Waals surface area (Å²) in [5.74, 6) is 0.602. The van der Waals surface area contributed by atoms with Crippen LogP contribution >= 0.6 is 0 Å². The van der Waals surface area contributed by atoms with Gasteiger partial charge in [-0.1, -0.05) is 44.4 Å².